The first-order chi connectivity index (χ1) is 9.13. The maximum absolute atomic E-state index is 11.6. The number of carbonyl (C=O) groups excluding carboxylic acids is 1. The number of amides is 1. The van der Waals surface area contributed by atoms with Crippen molar-refractivity contribution in [2.75, 3.05) is 11.9 Å². The lowest BCUT2D eigenvalue weighted by Crippen LogP contribution is -2.24. The van der Waals surface area contributed by atoms with E-state index in [4.69, 9.17) is 10.5 Å². The van der Waals surface area contributed by atoms with Crippen molar-refractivity contribution in [1.82, 2.24) is 0 Å². The minimum Gasteiger partial charge on any atom is -0.376 e. The van der Waals surface area contributed by atoms with E-state index in [2.05, 4.69) is 5.32 Å². The first-order valence-electron chi connectivity index (χ1n) is 6.85. The lowest BCUT2D eigenvalue weighted by atomic mass is 10.2. The summed E-state index contributed by atoms with van der Waals surface area (Å²) >= 11 is 0. The van der Waals surface area contributed by atoms with Crippen LogP contribution in [0.1, 0.15) is 31.7 Å². The molecule has 2 rings (SSSR count). The van der Waals surface area contributed by atoms with E-state index in [-0.39, 0.29) is 24.4 Å². The predicted molar refractivity (Wildman–Crippen MR) is 83.0 cm³/mol. The fourth-order valence-electron chi connectivity index (χ4n) is 1.87. The van der Waals surface area contributed by atoms with Crippen molar-refractivity contribution in [2.24, 2.45) is 11.7 Å². The van der Waals surface area contributed by atoms with Gasteiger partial charge in [0.25, 0.3) is 0 Å². The van der Waals surface area contributed by atoms with Gasteiger partial charge >= 0.3 is 0 Å². The van der Waals surface area contributed by atoms with E-state index in [1.54, 1.807) is 0 Å². The van der Waals surface area contributed by atoms with E-state index < -0.39 is 0 Å². The van der Waals surface area contributed by atoms with Gasteiger partial charge in [0.05, 0.1) is 6.61 Å². The fourth-order valence-corrected chi connectivity index (χ4v) is 1.87. The third-order valence-electron chi connectivity index (χ3n) is 3.04. The van der Waals surface area contributed by atoms with Gasteiger partial charge in [-0.15, -0.1) is 12.4 Å². The quantitative estimate of drug-likeness (QED) is 0.813. The second-order valence-electron chi connectivity index (χ2n) is 5.39. The molecule has 0 spiro atoms. The number of halogens is 1. The Morgan fingerprint density at radius 2 is 2.25 bits per heavy atom. The van der Waals surface area contributed by atoms with Gasteiger partial charge in [-0.05, 0) is 43.4 Å². The van der Waals surface area contributed by atoms with Crippen molar-refractivity contribution in [3.05, 3.63) is 29.8 Å². The highest BCUT2D eigenvalue weighted by molar-refractivity contribution is 5.91. The van der Waals surface area contributed by atoms with E-state index in [0.29, 0.717) is 13.0 Å². The van der Waals surface area contributed by atoms with Crippen LogP contribution in [0, 0.1) is 5.92 Å². The second kappa shape index (κ2) is 8.25. The molecule has 1 aromatic carbocycles. The highest BCUT2D eigenvalue weighted by Gasteiger charge is 2.20. The van der Waals surface area contributed by atoms with E-state index in [1.807, 2.05) is 31.2 Å². The topological polar surface area (TPSA) is 64.4 Å². The molecule has 1 amide bonds. The molecule has 1 unspecified atom stereocenters. The summed E-state index contributed by atoms with van der Waals surface area (Å²) < 4.78 is 5.64. The summed E-state index contributed by atoms with van der Waals surface area (Å²) in [6.07, 6.45) is 2.93. The Kier molecular flexibility index (Phi) is 6.99. The van der Waals surface area contributed by atoms with Gasteiger partial charge in [0.15, 0.2) is 0 Å². The van der Waals surface area contributed by atoms with Crippen molar-refractivity contribution in [1.29, 1.82) is 0 Å². The average Bonchev–Trinajstić information content (AvgIpc) is 3.12. The molecule has 0 saturated heterocycles. The maximum atomic E-state index is 11.6. The molecular weight excluding hydrogens is 276 g/mol. The molecule has 1 atom stereocenters. The van der Waals surface area contributed by atoms with E-state index >= 15 is 0 Å². The molecule has 1 aromatic rings. The standard InChI is InChI=1S/C15H22N2O2.ClH/c1-11(16)7-15(18)17-14-4-2-3-13(8-14)10-19-9-12-5-6-12;/h2-4,8,11-12H,5-7,9-10,16H2,1H3,(H,17,18);1H. The van der Waals surface area contributed by atoms with Crippen molar-refractivity contribution >= 4 is 24.0 Å². The van der Waals surface area contributed by atoms with E-state index in [0.717, 1.165) is 23.8 Å². The van der Waals surface area contributed by atoms with Crippen LogP contribution in [0.5, 0.6) is 0 Å². The van der Waals surface area contributed by atoms with Crippen LogP contribution in [-0.4, -0.2) is 18.6 Å². The lowest BCUT2D eigenvalue weighted by molar-refractivity contribution is -0.116. The minimum atomic E-state index is -0.120. The van der Waals surface area contributed by atoms with Gasteiger partial charge in [0, 0.05) is 24.8 Å². The smallest absolute Gasteiger partial charge is 0.225 e. The van der Waals surface area contributed by atoms with Gasteiger partial charge in [-0.2, -0.15) is 0 Å². The average molecular weight is 299 g/mol. The Bertz CT molecular complexity index is 434. The molecule has 1 saturated carbocycles. The minimum absolute atomic E-state index is 0. The predicted octanol–water partition coefficient (Wildman–Crippen LogP) is 2.71. The normalized spacial score (nSPS) is 15.3. The Hall–Kier alpha value is -1.10. The number of anilines is 1. The zero-order valence-corrected chi connectivity index (χ0v) is 12.6. The zero-order valence-electron chi connectivity index (χ0n) is 11.8. The van der Waals surface area contributed by atoms with Crippen molar-refractivity contribution in [3.63, 3.8) is 0 Å². The van der Waals surface area contributed by atoms with Gasteiger partial charge < -0.3 is 15.8 Å². The molecule has 0 radical (unpaired) electrons. The van der Waals surface area contributed by atoms with Crippen LogP contribution >= 0.6 is 12.4 Å². The molecule has 112 valence electrons. The summed E-state index contributed by atoms with van der Waals surface area (Å²) in [6.45, 7) is 3.27. The Labute approximate surface area is 126 Å². The van der Waals surface area contributed by atoms with E-state index in [9.17, 15) is 4.79 Å². The number of ether oxygens (including phenoxy) is 1. The van der Waals surface area contributed by atoms with Gasteiger partial charge in [-0.3, -0.25) is 4.79 Å². The number of nitrogens with two attached hydrogens (primary N) is 1. The van der Waals surface area contributed by atoms with Gasteiger partial charge in [0.2, 0.25) is 5.91 Å². The second-order valence-corrected chi connectivity index (χ2v) is 5.39. The highest BCUT2D eigenvalue weighted by Crippen LogP contribution is 2.29. The summed E-state index contributed by atoms with van der Waals surface area (Å²) in [5.41, 5.74) is 7.48. The number of hydrogen-bond donors (Lipinski definition) is 2. The summed E-state index contributed by atoms with van der Waals surface area (Å²) in [5, 5.41) is 2.85. The lowest BCUT2D eigenvalue weighted by Gasteiger charge is -2.09. The van der Waals surface area contributed by atoms with Crippen LogP contribution in [0.15, 0.2) is 24.3 Å². The Balaban J connectivity index is 0.00000200. The molecule has 1 aliphatic carbocycles. The van der Waals surface area contributed by atoms with Gasteiger partial charge in [-0.25, -0.2) is 0 Å². The van der Waals surface area contributed by atoms with Crippen LogP contribution in [0.4, 0.5) is 5.69 Å². The maximum Gasteiger partial charge on any atom is 0.225 e. The molecule has 0 bridgehead atoms. The van der Waals surface area contributed by atoms with Crippen LogP contribution in [0.3, 0.4) is 0 Å². The number of hydrogen-bond acceptors (Lipinski definition) is 3. The number of rotatable bonds is 7. The van der Waals surface area contributed by atoms with Crippen molar-refractivity contribution in [2.45, 2.75) is 38.8 Å². The van der Waals surface area contributed by atoms with Crippen LogP contribution in [-0.2, 0) is 16.1 Å². The van der Waals surface area contributed by atoms with Crippen molar-refractivity contribution in [3.8, 4) is 0 Å². The first kappa shape index (κ1) is 17.0. The molecule has 0 aliphatic heterocycles. The number of carbonyl (C=O) groups is 1. The summed E-state index contributed by atoms with van der Waals surface area (Å²) in [5.74, 6) is 0.722. The molecular formula is C15H23ClN2O2. The fraction of sp³-hybridized carbons (Fsp3) is 0.533. The summed E-state index contributed by atoms with van der Waals surface area (Å²) in [7, 11) is 0. The molecule has 5 heteroatoms. The Morgan fingerprint density at radius 1 is 1.50 bits per heavy atom. The summed E-state index contributed by atoms with van der Waals surface area (Å²) in [4.78, 5) is 11.6. The molecule has 3 N–H and O–H groups in total. The molecule has 0 heterocycles. The molecule has 1 fully saturated rings. The number of benzene rings is 1. The highest BCUT2D eigenvalue weighted by atomic mass is 35.5. The molecule has 1 aliphatic rings. The first-order valence-corrected chi connectivity index (χ1v) is 6.85. The molecule has 0 aromatic heterocycles. The van der Waals surface area contributed by atoms with Crippen LogP contribution in [0.2, 0.25) is 0 Å². The van der Waals surface area contributed by atoms with Gasteiger partial charge in [0.1, 0.15) is 0 Å². The van der Waals surface area contributed by atoms with Crippen molar-refractivity contribution < 1.29 is 9.53 Å². The van der Waals surface area contributed by atoms with Crippen LogP contribution in [0.25, 0.3) is 0 Å². The third kappa shape index (κ3) is 6.37. The SMILES string of the molecule is CC(N)CC(=O)Nc1cccc(COCC2CC2)c1.Cl. The van der Waals surface area contributed by atoms with Crippen LogP contribution < -0.4 is 11.1 Å². The monoisotopic (exact) mass is 298 g/mol. The van der Waals surface area contributed by atoms with Gasteiger partial charge in [-0.1, -0.05) is 12.1 Å². The third-order valence-corrected chi connectivity index (χ3v) is 3.04. The molecule has 4 nitrogen and oxygen atoms in total. The largest absolute Gasteiger partial charge is 0.376 e. The zero-order chi connectivity index (χ0) is 13.7. The van der Waals surface area contributed by atoms with E-state index in [1.165, 1.54) is 12.8 Å². The summed E-state index contributed by atoms with van der Waals surface area (Å²) in [6, 6.07) is 7.64. The number of nitrogens with one attached hydrogen (secondary N) is 1. The molecule has 20 heavy (non-hydrogen) atoms. The Morgan fingerprint density at radius 3 is 2.90 bits per heavy atom.